The number of urea groups is 1. The molecule has 0 aromatic heterocycles. The van der Waals surface area contributed by atoms with E-state index in [0.29, 0.717) is 12.2 Å². The van der Waals surface area contributed by atoms with Crippen LogP contribution in [0, 0.1) is 6.92 Å². The monoisotopic (exact) mass is 467 g/mol. The van der Waals surface area contributed by atoms with Gasteiger partial charge >= 0.3 is 12.0 Å². The Bertz CT molecular complexity index is 987. The summed E-state index contributed by atoms with van der Waals surface area (Å²) in [7, 11) is 0. The number of carboxylic acid groups (broad SMARTS) is 1. The Morgan fingerprint density at radius 2 is 1.59 bits per heavy atom. The van der Waals surface area contributed by atoms with Crippen LogP contribution >= 0.6 is 0 Å². The van der Waals surface area contributed by atoms with E-state index in [4.69, 9.17) is 5.11 Å². The smallest absolute Gasteiger partial charge is 0.323 e. The number of rotatable bonds is 9. The van der Waals surface area contributed by atoms with Crippen LogP contribution in [-0.2, 0) is 9.59 Å². The molecule has 2 aromatic carbocycles. The lowest BCUT2D eigenvalue weighted by atomic mass is 10.00. The number of aryl methyl sites for hydroxylation is 1. The summed E-state index contributed by atoms with van der Waals surface area (Å²) >= 11 is 0. The van der Waals surface area contributed by atoms with E-state index in [1.54, 1.807) is 12.1 Å². The number of anilines is 2. The number of hydrogen-bond donors (Lipinski definition) is 4. The molecule has 182 valence electrons. The lowest BCUT2D eigenvalue weighted by molar-refractivity contribution is -0.138. The van der Waals surface area contributed by atoms with E-state index in [0.717, 1.165) is 49.5 Å². The SMILES string of the molecule is Cc1ccccc1NC(=O)Nc1ccc(C(C)C(=O)NCCN2CCN(CC(=O)O)CC2)cc1. The van der Waals surface area contributed by atoms with E-state index in [9.17, 15) is 14.4 Å². The minimum atomic E-state index is -0.802. The molecule has 0 saturated carbocycles. The van der Waals surface area contributed by atoms with Crippen molar-refractivity contribution in [2.24, 2.45) is 0 Å². The second-order valence-corrected chi connectivity index (χ2v) is 8.54. The molecule has 9 heteroatoms. The average Bonchev–Trinajstić information content (AvgIpc) is 2.81. The molecule has 1 saturated heterocycles. The summed E-state index contributed by atoms with van der Waals surface area (Å²) in [5.41, 5.74) is 3.24. The molecule has 0 bridgehead atoms. The summed E-state index contributed by atoms with van der Waals surface area (Å²) in [6.45, 7) is 8.18. The van der Waals surface area contributed by atoms with E-state index < -0.39 is 5.97 Å². The number of hydrogen-bond acceptors (Lipinski definition) is 5. The molecule has 0 aliphatic carbocycles. The topological polar surface area (TPSA) is 114 Å². The van der Waals surface area contributed by atoms with Crippen molar-refractivity contribution < 1.29 is 19.5 Å². The highest BCUT2D eigenvalue weighted by Gasteiger charge is 2.19. The van der Waals surface area contributed by atoms with Gasteiger partial charge in [-0.25, -0.2) is 4.79 Å². The molecule has 9 nitrogen and oxygen atoms in total. The minimum absolute atomic E-state index is 0.0532. The van der Waals surface area contributed by atoms with Crippen molar-refractivity contribution >= 4 is 29.3 Å². The number of piperazine rings is 1. The van der Waals surface area contributed by atoms with Crippen molar-refractivity contribution in [3.8, 4) is 0 Å². The summed E-state index contributed by atoms with van der Waals surface area (Å²) < 4.78 is 0. The van der Waals surface area contributed by atoms with Crippen LogP contribution in [0.4, 0.5) is 16.2 Å². The fourth-order valence-corrected chi connectivity index (χ4v) is 3.86. The van der Waals surface area contributed by atoms with E-state index in [1.807, 2.05) is 55.1 Å². The number of nitrogens with zero attached hydrogens (tertiary/aromatic N) is 2. The first kappa shape index (κ1) is 25.2. The lowest BCUT2D eigenvalue weighted by Crippen LogP contribution is -2.49. The number of carbonyl (C=O) groups is 3. The van der Waals surface area contributed by atoms with Crippen molar-refractivity contribution in [2.75, 3.05) is 56.4 Å². The Hall–Kier alpha value is -3.43. The Morgan fingerprint density at radius 1 is 0.941 bits per heavy atom. The van der Waals surface area contributed by atoms with Crippen LogP contribution in [0.15, 0.2) is 48.5 Å². The van der Waals surface area contributed by atoms with Crippen molar-refractivity contribution in [1.29, 1.82) is 0 Å². The Balaban J connectivity index is 1.40. The number of aliphatic carboxylic acids is 1. The fourth-order valence-electron chi connectivity index (χ4n) is 3.86. The molecule has 0 radical (unpaired) electrons. The lowest BCUT2D eigenvalue weighted by Gasteiger charge is -2.33. The molecule has 1 aliphatic rings. The highest BCUT2D eigenvalue weighted by atomic mass is 16.4. The van der Waals surface area contributed by atoms with Crippen LogP contribution < -0.4 is 16.0 Å². The Morgan fingerprint density at radius 3 is 2.24 bits per heavy atom. The van der Waals surface area contributed by atoms with Crippen LogP contribution in [0.3, 0.4) is 0 Å². The first-order valence-corrected chi connectivity index (χ1v) is 11.5. The second kappa shape index (κ2) is 12.2. The maximum absolute atomic E-state index is 12.6. The van der Waals surface area contributed by atoms with Gasteiger partial charge in [0.25, 0.3) is 0 Å². The predicted molar refractivity (Wildman–Crippen MR) is 132 cm³/mol. The molecule has 0 spiro atoms. The van der Waals surface area contributed by atoms with Gasteiger partial charge in [-0.2, -0.15) is 0 Å². The summed E-state index contributed by atoms with van der Waals surface area (Å²) in [5, 5.41) is 17.5. The Labute approximate surface area is 200 Å². The number of para-hydroxylation sites is 1. The van der Waals surface area contributed by atoms with Crippen LogP contribution in [0.1, 0.15) is 24.0 Å². The molecule has 34 heavy (non-hydrogen) atoms. The molecule has 3 rings (SSSR count). The third-order valence-electron chi connectivity index (χ3n) is 6.01. The highest BCUT2D eigenvalue weighted by molar-refractivity contribution is 6.00. The standard InChI is InChI=1S/C25H33N5O4/c1-18-5-3-4-6-22(18)28-25(34)27-21-9-7-20(8-10-21)19(2)24(33)26-11-12-29-13-15-30(16-14-29)17-23(31)32/h3-10,19H,11-17H2,1-2H3,(H,26,33)(H,31,32)(H2,27,28,34). The third-order valence-corrected chi connectivity index (χ3v) is 6.01. The average molecular weight is 468 g/mol. The minimum Gasteiger partial charge on any atom is -0.480 e. The Kier molecular flexibility index (Phi) is 9.00. The molecule has 1 heterocycles. The summed E-state index contributed by atoms with van der Waals surface area (Å²) in [5.74, 6) is -1.17. The maximum Gasteiger partial charge on any atom is 0.323 e. The van der Waals surface area contributed by atoms with Gasteiger partial charge in [-0.05, 0) is 43.2 Å². The number of benzene rings is 2. The zero-order valence-electron chi connectivity index (χ0n) is 19.7. The van der Waals surface area contributed by atoms with Gasteiger partial charge in [0.15, 0.2) is 0 Å². The molecule has 1 atom stereocenters. The summed E-state index contributed by atoms with van der Waals surface area (Å²) in [4.78, 5) is 39.8. The number of carboxylic acids is 1. The highest BCUT2D eigenvalue weighted by Crippen LogP contribution is 2.19. The summed E-state index contributed by atoms with van der Waals surface area (Å²) in [6.07, 6.45) is 0. The van der Waals surface area contributed by atoms with Gasteiger partial charge in [0.1, 0.15) is 0 Å². The normalized spacial score (nSPS) is 15.4. The van der Waals surface area contributed by atoms with E-state index in [-0.39, 0.29) is 24.4 Å². The van der Waals surface area contributed by atoms with Crippen LogP contribution in [-0.4, -0.2) is 78.6 Å². The van der Waals surface area contributed by atoms with Crippen LogP contribution in [0.25, 0.3) is 0 Å². The number of carbonyl (C=O) groups excluding carboxylic acids is 2. The largest absolute Gasteiger partial charge is 0.480 e. The van der Waals surface area contributed by atoms with Gasteiger partial charge in [-0.1, -0.05) is 30.3 Å². The number of nitrogens with one attached hydrogen (secondary N) is 3. The van der Waals surface area contributed by atoms with E-state index in [1.165, 1.54) is 0 Å². The molecular formula is C25H33N5O4. The van der Waals surface area contributed by atoms with Crippen molar-refractivity contribution in [2.45, 2.75) is 19.8 Å². The predicted octanol–water partition coefficient (Wildman–Crippen LogP) is 2.56. The number of amides is 3. The molecule has 4 N–H and O–H groups in total. The second-order valence-electron chi connectivity index (χ2n) is 8.54. The van der Waals surface area contributed by atoms with Crippen LogP contribution in [0.5, 0.6) is 0 Å². The van der Waals surface area contributed by atoms with Crippen molar-refractivity contribution in [1.82, 2.24) is 15.1 Å². The third kappa shape index (κ3) is 7.57. The summed E-state index contributed by atoms with van der Waals surface area (Å²) in [6, 6.07) is 14.5. The van der Waals surface area contributed by atoms with Gasteiger partial charge in [-0.15, -0.1) is 0 Å². The zero-order chi connectivity index (χ0) is 24.5. The zero-order valence-corrected chi connectivity index (χ0v) is 19.7. The first-order valence-electron chi connectivity index (χ1n) is 11.5. The molecule has 1 aliphatic heterocycles. The van der Waals surface area contributed by atoms with Gasteiger partial charge in [0, 0.05) is 50.6 Å². The molecule has 2 aromatic rings. The molecule has 3 amide bonds. The van der Waals surface area contributed by atoms with Gasteiger partial charge in [0.05, 0.1) is 12.5 Å². The van der Waals surface area contributed by atoms with Gasteiger partial charge < -0.3 is 21.1 Å². The molecule has 1 unspecified atom stereocenters. The maximum atomic E-state index is 12.6. The first-order chi connectivity index (χ1) is 16.3. The van der Waals surface area contributed by atoms with E-state index >= 15 is 0 Å². The van der Waals surface area contributed by atoms with Gasteiger partial charge in [-0.3, -0.25) is 19.4 Å². The molecule has 1 fully saturated rings. The molecular weight excluding hydrogens is 434 g/mol. The van der Waals surface area contributed by atoms with Crippen molar-refractivity contribution in [3.63, 3.8) is 0 Å². The van der Waals surface area contributed by atoms with Gasteiger partial charge in [0.2, 0.25) is 5.91 Å². The van der Waals surface area contributed by atoms with Crippen LogP contribution in [0.2, 0.25) is 0 Å². The van der Waals surface area contributed by atoms with E-state index in [2.05, 4.69) is 20.9 Å². The van der Waals surface area contributed by atoms with Crippen molar-refractivity contribution in [3.05, 3.63) is 59.7 Å². The quantitative estimate of drug-likeness (QED) is 0.451. The fraction of sp³-hybridized carbons (Fsp3) is 0.400.